The number of rotatable bonds is 2. The Labute approximate surface area is 103 Å². The quantitative estimate of drug-likeness (QED) is 0.412. The van der Waals surface area contributed by atoms with Gasteiger partial charge in [-0.25, -0.2) is 0 Å². The van der Waals surface area contributed by atoms with Crippen LogP contribution in [0.3, 0.4) is 0 Å². The van der Waals surface area contributed by atoms with Gasteiger partial charge in [0.2, 0.25) is 0 Å². The summed E-state index contributed by atoms with van der Waals surface area (Å²) in [5, 5.41) is 46.8. The minimum absolute atomic E-state index is 0.0903. The van der Waals surface area contributed by atoms with Crippen molar-refractivity contribution in [3.8, 4) is 28.7 Å². The zero-order valence-corrected chi connectivity index (χ0v) is 9.33. The largest absolute Gasteiger partial charge is 0.508 e. The third-order valence-corrected chi connectivity index (χ3v) is 2.53. The van der Waals surface area contributed by atoms with Crippen molar-refractivity contribution in [2.45, 2.75) is 6.42 Å². The van der Waals surface area contributed by atoms with Crippen LogP contribution in [0.15, 0.2) is 30.3 Å². The molecule has 5 nitrogen and oxygen atoms in total. The van der Waals surface area contributed by atoms with Gasteiger partial charge in [0.1, 0.15) is 17.2 Å². The Kier molecular flexibility index (Phi) is 2.89. The van der Waals surface area contributed by atoms with Crippen molar-refractivity contribution in [3.63, 3.8) is 0 Å². The maximum atomic E-state index is 9.62. The standard InChI is InChI=1S/C13H12O5/c14-9-2-7(3-10(15)5-9)1-8-4-12(17)13(18)6-11(8)16/h2-6,14-18H,1H2. The first-order valence-electron chi connectivity index (χ1n) is 5.21. The highest BCUT2D eigenvalue weighted by Crippen LogP contribution is 2.34. The van der Waals surface area contributed by atoms with Crippen molar-refractivity contribution in [2.24, 2.45) is 0 Å². The summed E-state index contributed by atoms with van der Waals surface area (Å²) in [5.41, 5.74) is 0.934. The van der Waals surface area contributed by atoms with Crippen LogP contribution in [0.5, 0.6) is 28.7 Å². The number of hydrogen-bond acceptors (Lipinski definition) is 5. The van der Waals surface area contributed by atoms with E-state index in [0.717, 1.165) is 6.07 Å². The van der Waals surface area contributed by atoms with Crippen LogP contribution in [0.4, 0.5) is 0 Å². The third-order valence-electron chi connectivity index (χ3n) is 2.53. The summed E-state index contributed by atoms with van der Waals surface area (Å²) >= 11 is 0. The van der Waals surface area contributed by atoms with E-state index in [2.05, 4.69) is 0 Å². The van der Waals surface area contributed by atoms with E-state index in [1.165, 1.54) is 24.3 Å². The van der Waals surface area contributed by atoms with Gasteiger partial charge in [-0.3, -0.25) is 0 Å². The minimum atomic E-state index is -0.407. The summed E-state index contributed by atoms with van der Waals surface area (Å²) in [4.78, 5) is 0. The van der Waals surface area contributed by atoms with Crippen molar-refractivity contribution < 1.29 is 25.5 Å². The van der Waals surface area contributed by atoms with Gasteiger partial charge in [0.25, 0.3) is 0 Å². The molecule has 5 N–H and O–H groups in total. The smallest absolute Gasteiger partial charge is 0.161 e. The van der Waals surface area contributed by atoms with E-state index >= 15 is 0 Å². The fraction of sp³-hybridized carbons (Fsp3) is 0.0769. The Hall–Kier alpha value is -2.56. The summed E-state index contributed by atoms with van der Waals surface area (Å²) in [6, 6.07) is 6.32. The molecule has 0 bridgehead atoms. The molecular formula is C13H12O5. The average Bonchev–Trinajstić information content (AvgIpc) is 2.24. The summed E-state index contributed by atoms with van der Waals surface area (Å²) < 4.78 is 0. The molecule has 0 saturated carbocycles. The first-order chi connectivity index (χ1) is 8.45. The fourth-order valence-corrected chi connectivity index (χ4v) is 1.73. The fourth-order valence-electron chi connectivity index (χ4n) is 1.73. The molecule has 5 heteroatoms. The monoisotopic (exact) mass is 248 g/mol. The number of hydrogen-bond donors (Lipinski definition) is 5. The van der Waals surface area contributed by atoms with Gasteiger partial charge in [0, 0.05) is 24.1 Å². The molecule has 0 amide bonds. The van der Waals surface area contributed by atoms with Gasteiger partial charge in [-0.2, -0.15) is 0 Å². The second-order valence-electron chi connectivity index (χ2n) is 4.00. The molecule has 94 valence electrons. The highest BCUT2D eigenvalue weighted by molar-refractivity contribution is 5.50. The van der Waals surface area contributed by atoms with Crippen molar-refractivity contribution in [2.75, 3.05) is 0 Å². The number of phenolic OH excluding ortho intramolecular Hbond substituents is 5. The molecule has 0 heterocycles. The van der Waals surface area contributed by atoms with Crippen LogP contribution in [-0.4, -0.2) is 25.5 Å². The molecule has 18 heavy (non-hydrogen) atoms. The molecule has 0 atom stereocenters. The van der Waals surface area contributed by atoms with Gasteiger partial charge in [-0.1, -0.05) is 0 Å². The van der Waals surface area contributed by atoms with Crippen molar-refractivity contribution in [1.29, 1.82) is 0 Å². The first kappa shape index (κ1) is 11.9. The SMILES string of the molecule is Oc1cc(O)cc(Cc2cc(O)c(O)cc2O)c1. The molecule has 0 aromatic heterocycles. The van der Waals surface area contributed by atoms with E-state index < -0.39 is 5.75 Å². The van der Waals surface area contributed by atoms with Crippen LogP contribution in [0.1, 0.15) is 11.1 Å². The summed E-state index contributed by atoms with van der Waals surface area (Å²) in [5.74, 6) is -1.10. The van der Waals surface area contributed by atoms with E-state index in [9.17, 15) is 25.5 Å². The molecule has 0 unspecified atom stereocenters. The lowest BCUT2D eigenvalue weighted by molar-refractivity contribution is 0.394. The van der Waals surface area contributed by atoms with Crippen LogP contribution in [0.2, 0.25) is 0 Å². The second-order valence-corrected chi connectivity index (χ2v) is 4.00. The lowest BCUT2D eigenvalue weighted by Crippen LogP contribution is -1.89. The molecule has 0 aliphatic heterocycles. The van der Waals surface area contributed by atoms with Gasteiger partial charge in [-0.05, 0) is 23.8 Å². The van der Waals surface area contributed by atoms with Crippen molar-refractivity contribution >= 4 is 0 Å². The molecule has 2 aromatic carbocycles. The van der Waals surface area contributed by atoms with Crippen LogP contribution in [0.25, 0.3) is 0 Å². The molecule has 0 spiro atoms. The van der Waals surface area contributed by atoms with Gasteiger partial charge in [0.15, 0.2) is 11.5 Å². The zero-order valence-electron chi connectivity index (χ0n) is 9.33. The maximum Gasteiger partial charge on any atom is 0.161 e. The van der Waals surface area contributed by atoms with E-state index in [0.29, 0.717) is 11.1 Å². The van der Waals surface area contributed by atoms with Crippen LogP contribution >= 0.6 is 0 Å². The van der Waals surface area contributed by atoms with Gasteiger partial charge < -0.3 is 25.5 Å². The molecule has 0 saturated heterocycles. The van der Waals surface area contributed by atoms with Crippen LogP contribution < -0.4 is 0 Å². The van der Waals surface area contributed by atoms with Crippen LogP contribution in [0, 0.1) is 0 Å². The normalized spacial score (nSPS) is 10.4. The lowest BCUT2D eigenvalue weighted by Gasteiger charge is -2.08. The molecular weight excluding hydrogens is 236 g/mol. The third kappa shape index (κ3) is 2.40. The molecule has 0 radical (unpaired) electrons. The topological polar surface area (TPSA) is 101 Å². The predicted molar refractivity (Wildman–Crippen MR) is 64.0 cm³/mol. The summed E-state index contributed by atoms with van der Waals surface area (Å²) in [6.07, 6.45) is 0.196. The Bertz CT molecular complexity index is 572. The Morgan fingerprint density at radius 2 is 1.17 bits per heavy atom. The first-order valence-corrected chi connectivity index (χ1v) is 5.21. The highest BCUT2D eigenvalue weighted by atomic mass is 16.3. The lowest BCUT2D eigenvalue weighted by atomic mass is 10.0. The molecule has 2 rings (SSSR count). The summed E-state index contributed by atoms with van der Waals surface area (Å²) in [7, 11) is 0. The maximum absolute atomic E-state index is 9.62. The van der Waals surface area contributed by atoms with E-state index in [1.54, 1.807) is 0 Å². The highest BCUT2D eigenvalue weighted by Gasteiger charge is 2.09. The molecule has 0 fully saturated rings. The van der Waals surface area contributed by atoms with Crippen molar-refractivity contribution in [3.05, 3.63) is 41.5 Å². The second kappa shape index (κ2) is 4.37. The zero-order chi connectivity index (χ0) is 13.3. The Morgan fingerprint density at radius 3 is 1.78 bits per heavy atom. The van der Waals surface area contributed by atoms with E-state index in [1.807, 2.05) is 0 Å². The predicted octanol–water partition coefficient (Wildman–Crippen LogP) is 1.81. The molecule has 0 aliphatic carbocycles. The minimum Gasteiger partial charge on any atom is -0.508 e. The Balaban J connectivity index is 2.36. The van der Waals surface area contributed by atoms with Gasteiger partial charge in [0.05, 0.1) is 0 Å². The molecule has 0 aliphatic rings. The number of aromatic hydroxyl groups is 5. The number of benzene rings is 2. The van der Waals surface area contributed by atoms with Crippen molar-refractivity contribution in [1.82, 2.24) is 0 Å². The number of phenols is 5. The molecule has 2 aromatic rings. The van der Waals surface area contributed by atoms with E-state index in [4.69, 9.17) is 0 Å². The van der Waals surface area contributed by atoms with Crippen LogP contribution in [-0.2, 0) is 6.42 Å². The van der Waals surface area contributed by atoms with Gasteiger partial charge in [-0.15, -0.1) is 0 Å². The van der Waals surface area contributed by atoms with Gasteiger partial charge >= 0.3 is 0 Å². The summed E-state index contributed by atoms with van der Waals surface area (Å²) in [6.45, 7) is 0. The van der Waals surface area contributed by atoms with E-state index in [-0.39, 0.29) is 29.4 Å². The Morgan fingerprint density at radius 1 is 0.611 bits per heavy atom. The average molecular weight is 248 g/mol.